The number of carbonyl (C=O) groups is 1. The second-order valence-corrected chi connectivity index (χ2v) is 5.23. The van der Waals surface area contributed by atoms with Crippen molar-refractivity contribution < 1.29 is 14.3 Å². The van der Waals surface area contributed by atoms with Crippen molar-refractivity contribution in [3.63, 3.8) is 0 Å². The summed E-state index contributed by atoms with van der Waals surface area (Å²) >= 11 is 4.96. The first-order chi connectivity index (χ1) is 9.38. The van der Waals surface area contributed by atoms with Gasteiger partial charge in [-0.15, -0.1) is 0 Å². The Morgan fingerprint density at radius 1 is 1.50 bits per heavy atom. The van der Waals surface area contributed by atoms with Gasteiger partial charge in [0.1, 0.15) is 5.82 Å². The second-order valence-electron chi connectivity index (χ2n) is 4.82. The normalized spacial score (nSPS) is 12.6. The number of nitrogens with zero attached hydrogens (tertiary/aromatic N) is 1. The number of aliphatic hydroxyl groups is 1. The highest BCUT2D eigenvalue weighted by molar-refractivity contribution is 7.71. The van der Waals surface area contributed by atoms with E-state index in [2.05, 4.69) is 9.97 Å². The molecule has 7 heteroatoms. The largest absolute Gasteiger partial charge is 0.393 e. The lowest BCUT2D eigenvalue weighted by Crippen LogP contribution is -2.29. The Kier molecular flexibility index (Phi) is 4.20. The third kappa shape index (κ3) is 3.05. The van der Waals surface area contributed by atoms with Crippen LogP contribution in [-0.4, -0.2) is 45.6 Å². The number of rotatable bonds is 4. The zero-order valence-corrected chi connectivity index (χ0v) is 12.1. The van der Waals surface area contributed by atoms with Crippen molar-refractivity contribution in [3.05, 3.63) is 28.3 Å². The van der Waals surface area contributed by atoms with Gasteiger partial charge in [0.05, 0.1) is 22.7 Å². The minimum atomic E-state index is -0.505. The molecule has 0 aliphatic carbocycles. The van der Waals surface area contributed by atoms with Crippen LogP contribution in [0.2, 0.25) is 0 Å². The third-order valence-corrected chi connectivity index (χ3v) is 3.25. The number of nitrogens with one attached hydrogen (secondary N) is 2. The SMILES string of the molecule is C[C@@H](O)CCN(C)C(=O)c1cc(F)cc2[nH]c(=S)[nH]c12. The summed E-state index contributed by atoms with van der Waals surface area (Å²) in [5.74, 6) is -0.824. The molecule has 0 saturated carbocycles. The van der Waals surface area contributed by atoms with Gasteiger partial charge in [0.15, 0.2) is 4.77 Å². The molecule has 1 aromatic heterocycles. The molecule has 0 fully saturated rings. The Morgan fingerprint density at radius 2 is 2.20 bits per heavy atom. The highest BCUT2D eigenvalue weighted by Gasteiger charge is 2.18. The van der Waals surface area contributed by atoms with Crippen LogP contribution in [0.4, 0.5) is 4.39 Å². The zero-order valence-electron chi connectivity index (χ0n) is 11.2. The van der Waals surface area contributed by atoms with Crippen molar-refractivity contribution in [2.24, 2.45) is 0 Å². The molecule has 0 aliphatic rings. The van der Waals surface area contributed by atoms with Gasteiger partial charge in [-0.25, -0.2) is 4.39 Å². The van der Waals surface area contributed by atoms with Gasteiger partial charge in [-0.2, -0.15) is 0 Å². The van der Waals surface area contributed by atoms with Crippen molar-refractivity contribution in [1.82, 2.24) is 14.9 Å². The minimum Gasteiger partial charge on any atom is -0.393 e. The van der Waals surface area contributed by atoms with E-state index in [4.69, 9.17) is 12.2 Å². The molecule has 1 aromatic carbocycles. The Bertz CT molecular complexity index is 692. The Hall–Kier alpha value is -1.73. The van der Waals surface area contributed by atoms with E-state index < -0.39 is 11.9 Å². The molecule has 0 aliphatic heterocycles. The molecular weight excluding hydrogens is 281 g/mol. The van der Waals surface area contributed by atoms with E-state index in [9.17, 15) is 14.3 Å². The summed E-state index contributed by atoms with van der Waals surface area (Å²) in [6.07, 6.45) is -0.0278. The predicted octanol–water partition coefficient (Wildman–Crippen LogP) is 2.21. The first-order valence-electron chi connectivity index (χ1n) is 6.23. The molecule has 2 rings (SSSR count). The number of imidazole rings is 1. The molecule has 20 heavy (non-hydrogen) atoms. The summed E-state index contributed by atoms with van der Waals surface area (Å²) in [5, 5.41) is 9.25. The molecule has 0 unspecified atom stereocenters. The summed E-state index contributed by atoms with van der Waals surface area (Å²) in [4.78, 5) is 19.4. The lowest BCUT2D eigenvalue weighted by molar-refractivity contribution is 0.0770. The highest BCUT2D eigenvalue weighted by Crippen LogP contribution is 2.19. The molecule has 3 N–H and O–H groups in total. The molecular formula is C13H16FN3O2S. The van der Waals surface area contributed by atoms with Crippen LogP contribution >= 0.6 is 12.2 Å². The third-order valence-electron chi connectivity index (χ3n) is 3.05. The number of aromatic amines is 2. The van der Waals surface area contributed by atoms with Crippen LogP contribution in [0.25, 0.3) is 11.0 Å². The van der Waals surface area contributed by atoms with Gasteiger partial charge in [-0.3, -0.25) is 4.79 Å². The lowest BCUT2D eigenvalue weighted by Gasteiger charge is -2.18. The molecule has 2 aromatic rings. The second kappa shape index (κ2) is 5.72. The molecule has 0 bridgehead atoms. The summed E-state index contributed by atoms with van der Waals surface area (Å²) in [7, 11) is 1.61. The van der Waals surface area contributed by atoms with E-state index in [1.165, 1.54) is 17.0 Å². The number of fused-ring (bicyclic) bond motifs is 1. The number of hydrogen-bond donors (Lipinski definition) is 3. The number of aliphatic hydroxyl groups excluding tert-OH is 1. The summed E-state index contributed by atoms with van der Waals surface area (Å²) in [6.45, 7) is 2.04. The highest BCUT2D eigenvalue weighted by atomic mass is 32.1. The molecule has 0 spiro atoms. The van der Waals surface area contributed by atoms with Crippen LogP contribution in [0, 0.1) is 10.6 Å². The Balaban J connectivity index is 2.36. The standard InChI is InChI=1S/C13H16FN3O2S/c1-7(18)3-4-17(2)12(19)9-5-8(14)6-10-11(9)16-13(20)15-10/h5-7,18H,3-4H2,1-2H3,(H2,15,16,20)/t7-/m1/s1. The Labute approximate surface area is 120 Å². The van der Waals surface area contributed by atoms with Crippen LogP contribution in [-0.2, 0) is 0 Å². The van der Waals surface area contributed by atoms with Crippen molar-refractivity contribution >= 4 is 29.2 Å². The Morgan fingerprint density at radius 3 is 2.85 bits per heavy atom. The van der Waals surface area contributed by atoms with E-state index >= 15 is 0 Å². The maximum atomic E-state index is 13.6. The monoisotopic (exact) mass is 297 g/mol. The van der Waals surface area contributed by atoms with Crippen molar-refractivity contribution in [1.29, 1.82) is 0 Å². The van der Waals surface area contributed by atoms with Gasteiger partial charge in [0.25, 0.3) is 5.91 Å². The average molecular weight is 297 g/mol. The molecule has 5 nitrogen and oxygen atoms in total. The van der Waals surface area contributed by atoms with Gasteiger partial charge < -0.3 is 20.0 Å². The number of H-pyrrole nitrogens is 2. The summed E-state index contributed by atoms with van der Waals surface area (Å²) in [6, 6.07) is 2.47. The molecule has 0 radical (unpaired) electrons. The molecule has 1 heterocycles. The zero-order chi connectivity index (χ0) is 14.9. The molecule has 1 amide bonds. The summed E-state index contributed by atoms with van der Waals surface area (Å²) < 4.78 is 13.9. The van der Waals surface area contributed by atoms with Gasteiger partial charge in [-0.1, -0.05) is 0 Å². The number of benzene rings is 1. The van der Waals surface area contributed by atoms with Gasteiger partial charge >= 0.3 is 0 Å². The fourth-order valence-corrected chi connectivity index (χ4v) is 2.18. The van der Waals surface area contributed by atoms with E-state index in [0.29, 0.717) is 28.8 Å². The topological polar surface area (TPSA) is 72.1 Å². The van der Waals surface area contributed by atoms with Crippen LogP contribution in [0.3, 0.4) is 0 Å². The lowest BCUT2D eigenvalue weighted by atomic mass is 10.1. The smallest absolute Gasteiger partial charge is 0.255 e. The first-order valence-corrected chi connectivity index (χ1v) is 6.64. The maximum absolute atomic E-state index is 13.6. The van der Waals surface area contributed by atoms with Crippen LogP contribution in [0.15, 0.2) is 12.1 Å². The minimum absolute atomic E-state index is 0.223. The number of hydrogen-bond acceptors (Lipinski definition) is 3. The number of aromatic nitrogens is 2. The van der Waals surface area contributed by atoms with Gasteiger partial charge in [-0.05, 0) is 37.7 Å². The molecule has 0 saturated heterocycles. The van der Waals surface area contributed by atoms with E-state index in [0.717, 1.165) is 0 Å². The number of amides is 1. The van der Waals surface area contributed by atoms with E-state index in [1.807, 2.05) is 0 Å². The van der Waals surface area contributed by atoms with Crippen molar-refractivity contribution in [2.75, 3.05) is 13.6 Å². The number of carbonyl (C=O) groups excluding carboxylic acids is 1. The van der Waals surface area contributed by atoms with E-state index in [1.54, 1.807) is 14.0 Å². The van der Waals surface area contributed by atoms with E-state index in [-0.39, 0.29) is 11.5 Å². The number of halogens is 1. The molecule has 1 atom stereocenters. The van der Waals surface area contributed by atoms with Crippen molar-refractivity contribution in [3.8, 4) is 0 Å². The fourth-order valence-electron chi connectivity index (χ4n) is 1.96. The predicted molar refractivity (Wildman–Crippen MR) is 76.7 cm³/mol. The first kappa shape index (κ1) is 14.7. The van der Waals surface area contributed by atoms with Crippen molar-refractivity contribution in [2.45, 2.75) is 19.4 Å². The summed E-state index contributed by atoms with van der Waals surface area (Å²) in [5.41, 5.74) is 1.17. The van der Waals surface area contributed by atoms with Crippen LogP contribution in [0.1, 0.15) is 23.7 Å². The van der Waals surface area contributed by atoms with Gasteiger partial charge in [0, 0.05) is 13.6 Å². The van der Waals surface area contributed by atoms with Crippen LogP contribution < -0.4 is 0 Å². The average Bonchev–Trinajstić information content (AvgIpc) is 2.73. The molecule has 108 valence electrons. The fraction of sp³-hybridized carbons (Fsp3) is 0.385. The quantitative estimate of drug-likeness (QED) is 0.758. The maximum Gasteiger partial charge on any atom is 0.255 e. The van der Waals surface area contributed by atoms with Crippen LogP contribution in [0.5, 0.6) is 0 Å². The van der Waals surface area contributed by atoms with Gasteiger partial charge in [0.2, 0.25) is 0 Å².